The van der Waals surface area contributed by atoms with Crippen molar-refractivity contribution < 1.29 is 31.8 Å². The summed E-state index contributed by atoms with van der Waals surface area (Å²) in [5, 5.41) is 19.5. The Morgan fingerprint density at radius 2 is 1.56 bits per heavy atom. The fraction of sp³-hybridized carbons (Fsp3) is 0. The molecule has 0 saturated heterocycles. The van der Waals surface area contributed by atoms with Gasteiger partial charge in [-0.2, -0.15) is 8.42 Å². The SMILES string of the molecule is NNS(=O)(=O)N(N)S(=O)(=O)c1ccc(O)c(Oc2ccccc2O)c1. The number of hydrazine groups is 2. The second kappa shape index (κ2) is 6.83. The van der Waals surface area contributed by atoms with Gasteiger partial charge in [-0.25, -0.2) is 14.3 Å². The number of hydrogen-bond acceptors (Lipinski definition) is 9. The van der Waals surface area contributed by atoms with Gasteiger partial charge >= 0.3 is 10.2 Å². The van der Waals surface area contributed by atoms with E-state index in [4.69, 9.17) is 16.4 Å². The zero-order valence-electron chi connectivity index (χ0n) is 12.4. The van der Waals surface area contributed by atoms with E-state index in [1.54, 1.807) is 0 Å². The van der Waals surface area contributed by atoms with E-state index in [2.05, 4.69) is 0 Å². The minimum atomic E-state index is -4.72. The molecule has 0 aliphatic carbocycles. The Morgan fingerprint density at radius 3 is 2.16 bits per heavy atom. The quantitative estimate of drug-likeness (QED) is 0.319. The zero-order valence-corrected chi connectivity index (χ0v) is 14.0. The van der Waals surface area contributed by atoms with Gasteiger partial charge in [0, 0.05) is 6.07 Å². The van der Waals surface area contributed by atoms with Crippen LogP contribution in [0.25, 0.3) is 0 Å². The maximum atomic E-state index is 12.3. The number of phenolic OH excluding ortho intramolecular Hbond substituents is 2. The van der Waals surface area contributed by atoms with E-state index >= 15 is 0 Å². The highest BCUT2D eigenvalue weighted by atomic mass is 32.3. The van der Waals surface area contributed by atoms with E-state index in [1.807, 2.05) is 0 Å². The van der Waals surface area contributed by atoms with E-state index in [9.17, 15) is 27.0 Å². The highest BCUT2D eigenvalue weighted by Crippen LogP contribution is 2.36. The minimum absolute atomic E-state index is 0.0619. The van der Waals surface area contributed by atoms with Gasteiger partial charge in [0.25, 0.3) is 10.0 Å². The average Bonchev–Trinajstić information content (AvgIpc) is 2.57. The van der Waals surface area contributed by atoms with E-state index in [-0.39, 0.29) is 17.2 Å². The third kappa shape index (κ3) is 3.81. The first-order valence-corrected chi connectivity index (χ1v) is 9.29. The molecule has 0 fully saturated rings. The van der Waals surface area contributed by atoms with E-state index < -0.39 is 34.7 Å². The van der Waals surface area contributed by atoms with Gasteiger partial charge in [-0.05, 0) is 28.1 Å². The van der Waals surface area contributed by atoms with Crippen LogP contribution < -0.4 is 21.3 Å². The van der Waals surface area contributed by atoms with E-state index in [0.717, 1.165) is 18.2 Å². The standard InChI is InChI=1S/C12H14N4O7S2/c13-15-25(21,22)16(14)24(19,20)8-5-6-10(18)12(7-8)23-11-4-2-1-3-9(11)17/h1-7,15,17-18H,13-14H2. The average molecular weight is 390 g/mol. The van der Waals surface area contributed by atoms with Crippen molar-refractivity contribution in [2.75, 3.05) is 0 Å². The van der Waals surface area contributed by atoms with Crippen LogP contribution in [0.3, 0.4) is 0 Å². The van der Waals surface area contributed by atoms with Gasteiger partial charge in [-0.15, -0.1) is 4.83 Å². The molecular weight excluding hydrogens is 376 g/mol. The summed E-state index contributed by atoms with van der Waals surface area (Å²) >= 11 is 0. The highest BCUT2D eigenvalue weighted by molar-refractivity contribution is 8.03. The van der Waals surface area contributed by atoms with Crippen LogP contribution in [0.1, 0.15) is 0 Å². The van der Waals surface area contributed by atoms with Gasteiger partial charge in [0.05, 0.1) is 4.90 Å². The Kier molecular flexibility index (Phi) is 5.17. The predicted octanol–water partition coefficient (Wildman–Crippen LogP) is -0.537. The molecule has 0 amide bonds. The third-order valence-electron chi connectivity index (χ3n) is 2.94. The topological polar surface area (TPSA) is 185 Å². The number of hydrogen-bond donors (Lipinski definition) is 5. The number of aromatic hydroxyl groups is 2. The molecule has 0 unspecified atom stereocenters. The summed E-state index contributed by atoms with van der Waals surface area (Å²) in [6.45, 7) is 0. The molecular formula is C12H14N4O7S2. The van der Waals surface area contributed by atoms with Crippen molar-refractivity contribution in [3.63, 3.8) is 0 Å². The maximum Gasteiger partial charge on any atom is 0.318 e. The van der Waals surface area contributed by atoms with Crippen LogP contribution in [0.15, 0.2) is 47.4 Å². The number of ether oxygens (including phenoxy) is 1. The molecule has 13 heteroatoms. The molecule has 0 saturated carbocycles. The summed E-state index contributed by atoms with van der Waals surface area (Å²) in [4.78, 5) is 0.671. The number of nitrogens with two attached hydrogens (primary N) is 2. The van der Waals surface area contributed by atoms with Crippen LogP contribution in [-0.4, -0.2) is 30.9 Å². The largest absolute Gasteiger partial charge is 0.504 e. The van der Waals surface area contributed by atoms with Crippen molar-refractivity contribution >= 4 is 20.2 Å². The van der Waals surface area contributed by atoms with Gasteiger partial charge in [-0.3, -0.25) is 5.84 Å². The van der Waals surface area contributed by atoms with Gasteiger partial charge in [0.2, 0.25) is 0 Å². The Hall–Kier alpha value is -2.42. The Bertz CT molecular complexity index is 992. The lowest BCUT2D eigenvalue weighted by Crippen LogP contribution is -2.50. The molecule has 0 bridgehead atoms. The molecule has 25 heavy (non-hydrogen) atoms. The number of sulfonamides is 1. The summed E-state index contributed by atoms with van der Waals surface area (Å²) < 4.78 is 52.3. The lowest BCUT2D eigenvalue weighted by molar-refractivity contribution is 0.384. The lowest BCUT2D eigenvalue weighted by atomic mass is 10.3. The summed E-state index contributed by atoms with van der Waals surface area (Å²) in [7, 11) is -9.41. The molecule has 136 valence electrons. The predicted molar refractivity (Wildman–Crippen MR) is 85.7 cm³/mol. The van der Waals surface area contributed by atoms with Crippen LogP contribution in [0.2, 0.25) is 0 Å². The molecule has 0 aliphatic rings. The van der Waals surface area contributed by atoms with Crippen LogP contribution in [0, 0.1) is 0 Å². The van der Waals surface area contributed by atoms with Crippen molar-refractivity contribution in [3.05, 3.63) is 42.5 Å². The molecule has 0 spiro atoms. The fourth-order valence-electron chi connectivity index (χ4n) is 1.68. The number of phenols is 2. The van der Waals surface area contributed by atoms with Crippen molar-refractivity contribution in [2.45, 2.75) is 4.90 Å². The molecule has 11 nitrogen and oxygen atoms in total. The number of benzene rings is 2. The second-order valence-corrected chi connectivity index (χ2v) is 8.18. The number of nitrogens with zero attached hydrogens (tertiary/aromatic N) is 1. The van der Waals surface area contributed by atoms with Crippen molar-refractivity contribution in [1.82, 2.24) is 8.65 Å². The van der Waals surface area contributed by atoms with Crippen molar-refractivity contribution in [2.24, 2.45) is 11.7 Å². The summed E-state index contributed by atoms with van der Waals surface area (Å²) in [5.74, 6) is 8.72. The van der Waals surface area contributed by atoms with Gasteiger partial charge in [0.1, 0.15) is 0 Å². The van der Waals surface area contributed by atoms with Crippen molar-refractivity contribution in [3.8, 4) is 23.0 Å². The first-order chi connectivity index (χ1) is 11.6. The number of nitrogens with one attached hydrogen (secondary N) is 1. The van der Waals surface area contributed by atoms with Gasteiger partial charge in [-0.1, -0.05) is 12.1 Å². The van der Waals surface area contributed by atoms with Crippen LogP contribution in [-0.2, 0) is 20.2 Å². The zero-order chi connectivity index (χ0) is 18.8. The van der Waals surface area contributed by atoms with E-state index in [0.29, 0.717) is 0 Å². The first kappa shape index (κ1) is 18.9. The molecule has 0 atom stereocenters. The summed E-state index contributed by atoms with van der Waals surface area (Å²) in [5.41, 5.74) is 0. The summed E-state index contributed by atoms with van der Waals surface area (Å²) in [6, 6.07) is 8.45. The second-order valence-electron chi connectivity index (χ2n) is 4.55. The third-order valence-corrected chi connectivity index (χ3v) is 6.21. The van der Waals surface area contributed by atoms with Crippen LogP contribution >= 0.6 is 0 Å². The smallest absolute Gasteiger partial charge is 0.318 e. The lowest BCUT2D eigenvalue weighted by Gasteiger charge is -2.16. The molecule has 2 aromatic rings. The molecule has 7 N–H and O–H groups in total. The van der Waals surface area contributed by atoms with Crippen LogP contribution in [0.4, 0.5) is 0 Å². The normalized spacial score (nSPS) is 12.3. The number of rotatable bonds is 6. The molecule has 0 radical (unpaired) electrons. The maximum absolute atomic E-state index is 12.3. The first-order valence-electron chi connectivity index (χ1n) is 6.41. The summed E-state index contributed by atoms with van der Waals surface area (Å²) in [6.07, 6.45) is 0. The highest BCUT2D eigenvalue weighted by Gasteiger charge is 2.32. The molecule has 2 aromatic carbocycles. The van der Waals surface area contributed by atoms with Crippen molar-refractivity contribution in [1.29, 1.82) is 0 Å². The van der Waals surface area contributed by atoms with Gasteiger partial charge < -0.3 is 14.9 Å². The monoisotopic (exact) mass is 390 g/mol. The molecule has 0 aromatic heterocycles. The Morgan fingerprint density at radius 1 is 0.960 bits per heavy atom. The molecule has 0 heterocycles. The Balaban J connectivity index is 2.47. The molecule has 0 aliphatic heterocycles. The molecule has 2 rings (SSSR count). The van der Waals surface area contributed by atoms with E-state index in [1.165, 1.54) is 29.1 Å². The fourth-order valence-corrected chi connectivity index (χ4v) is 3.91. The van der Waals surface area contributed by atoms with Crippen LogP contribution in [0.5, 0.6) is 23.0 Å². The minimum Gasteiger partial charge on any atom is -0.504 e. The number of para-hydroxylation sites is 2. The van der Waals surface area contributed by atoms with Gasteiger partial charge in [0.15, 0.2) is 23.0 Å². The Labute approximate surface area is 143 Å².